The van der Waals surface area contributed by atoms with Crippen LogP contribution in [0.5, 0.6) is 0 Å². The van der Waals surface area contributed by atoms with Gasteiger partial charge in [-0.25, -0.2) is 0 Å². The molecule has 2 heterocycles. The molecule has 0 bridgehead atoms. The van der Waals surface area contributed by atoms with E-state index in [2.05, 4.69) is 15.2 Å². The number of hydrogen-bond acceptors (Lipinski definition) is 4. The number of nitrogens with one attached hydrogen (secondary N) is 1. The van der Waals surface area contributed by atoms with Crippen molar-refractivity contribution in [3.8, 4) is 0 Å². The maximum atomic E-state index is 12.3. The molecule has 126 valence electrons. The molecule has 0 atom stereocenters. The van der Waals surface area contributed by atoms with Gasteiger partial charge in [-0.15, -0.1) is 0 Å². The predicted octanol–water partition coefficient (Wildman–Crippen LogP) is 3.14. The van der Waals surface area contributed by atoms with Gasteiger partial charge < -0.3 is 15.0 Å². The highest BCUT2D eigenvalue weighted by molar-refractivity contribution is 6.34. The number of pyridine rings is 1. The van der Waals surface area contributed by atoms with Crippen molar-refractivity contribution in [2.75, 3.05) is 36.5 Å². The van der Waals surface area contributed by atoms with Crippen LogP contribution in [0, 0.1) is 0 Å². The molecule has 6 heteroatoms. The number of aryl methyl sites for hydroxylation is 1. The minimum Gasteiger partial charge on any atom is -0.378 e. The predicted molar refractivity (Wildman–Crippen MR) is 95.7 cm³/mol. The van der Waals surface area contributed by atoms with Crippen LogP contribution in [0.25, 0.3) is 0 Å². The summed E-state index contributed by atoms with van der Waals surface area (Å²) < 4.78 is 5.39. The molecule has 0 unspecified atom stereocenters. The number of hydrogen-bond donors (Lipinski definition) is 1. The molecule has 0 radical (unpaired) electrons. The van der Waals surface area contributed by atoms with Crippen molar-refractivity contribution in [1.29, 1.82) is 0 Å². The second kappa shape index (κ2) is 8.13. The average molecular weight is 346 g/mol. The largest absolute Gasteiger partial charge is 0.378 e. The van der Waals surface area contributed by atoms with Crippen LogP contribution >= 0.6 is 11.6 Å². The molecule has 5 nitrogen and oxygen atoms in total. The highest BCUT2D eigenvalue weighted by Crippen LogP contribution is 2.34. The Hall–Kier alpha value is -2.11. The number of aromatic nitrogens is 1. The third-order valence-electron chi connectivity index (χ3n) is 3.95. The number of rotatable bonds is 5. The first-order valence-corrected chi connectivity index (χ1v) is 8.42. The van der Waals surface area contributed by atoms with E-state index in [0.29, 0.717) is 31.1 Å². The second-order valence-corrected chi connectivity index (χ2v) is 6.05. The number of amides is 1. The van der Waals surface area contributed by atoms with Crippen LogP contribution in [-0.4, -0.2) is 37.2 Å². The lowest BCUT2D eigenvalue weighted by atomic mass is 10.1. The highest BCUT2D eigenvalue weighted by atomic mass is 35.5. The van der Waals surface area contributed by atoms with Crippen molar-refractivity contribution in [2.24, 2.45) is 0 Å². The molecule has 3 rings (SSSR count). The fourth-order valence-corrected chi connectivity index (χ4v) is 3.04. The van der Waals surface area contributed by atoms with E-state index in [1.54, 1.807) is 12.4 Å². The number of nitrogens with zero attached hydrogens (tertiary/aromatic N) is 2. The molecule has 0 saturated carbocycles. The van der Waals surface area contributed by atoms with Crippen LogP contribution in [0.2, 0.25) is 5.02 Å². The summed E-state index contributed by atoms with van der Waals surface area (Å²) in [6, 6.07) is 9.43. The summed E-state index contributed by atoms with van der Waals surface area (Å²) >= 11 is 6.38. The van der Waals surface area contributed by atoms with Gasteiger partial charge in [0, 0.05) is 31.9 Å². The van der Waals surface area contributed by atoms with E-state index >= 15 is 0 Å². The summed E-state index contributed by atoms with van der Waals surface area (Å²) in [5.74, 6) is -0.0318. The summed E-state index contributed by atoms with van der Waals surface area (Å²) in [5, 5.41) is 3.63. The molecule has 1 aromatic carbocycles. The molecule has 1 aliphatic rings. The van der Waals surface area contributed by atoms with Gasteiger partial charge in [-0.2, -0.15) is 0 Å². The number of halogens is 1. The Balaban J connectivity index is 1.67. The van der Waals surface area contributed by atoms with Crippen molar-refractivity contribution < 1.29 is 9.53 Å². The van der Waals surface area contributed by atoms with Gasteiger partial charge in [0.15, 0.2) is 0 Å². The van der Waals surface area contributed by atoms with Crippen LogP contribution in [0.4, 0.5) is 11.4 Å². The molecule has 0 aliphatic carbocycles. The lowest BCUT2D eigenvalue weighted by Crippen LogP contribution is -2.37. The smallest absolute Gasteiger partial charge is 0.224 e. The van der Waals surface area contributed by atoms with E-state index in [4.69, 9.17) is 16.3 Å². The van der Waals surface area contributed by atoms with Crippen molar-refractivity contribution >= 4 is 28.9 Å². The van der Waals surface area contributed by atoms with E-state index in [9.17, 15) is 4.79 Å². The Bertz CT molecular complexity index is 688. The fraction of sp³-hybridized carbons (Fsp3) is 0.333. The minimum atomic E-state index is -0.0318. The van der Waals surface area contributed by atoms with Crippen LogP contribution in [0.15, 0.2) is 42.7 Å². The number of para-hydroxylation sites is 1. The first-order chi connectivity index (χ1) is 11.7. The minimum absolute atomic E-state index is 0.0318. The lowest BCUT2D eigenvalue weighted by Gasteiger charge is -2.31. The zero-order chi connectivity index (χ0) is 16.8. The lowest BCUT2D eigenvalue weighted by molar-refractivity contribution is -0.116. The Labute approximate surface area is 146 Å². The fourth-order valence-electron chi connectivity index (χ4n) is 2.74. The van der Waals surface area contributed by atoms with Gasteiger partial charge in [0.25, 0.3) is 0 Å². The van der Waals surface area contributed by atoms with Crippen LogP contribution in [-0.2, 0) is 16.0 Å². The Morgan fingerprint density at radius 3 is 2.83 bits per heavy atom. The van der Waals surface area contributed by atoms with Gasteiger partial charge in [0.05, 0.1) is 29.6 Å². The Morgan fingerprint density at radius 2 is 2.08 bits per heavy atom. The van der Waals surface area contributed by atoms with Gasteiger partial charge in [-0.1, -0.05) is 23.7 Å². The molecular formula is C18H20ClN3O2. The number of ether oxygens (including phenoxy) is 1. The molecular weight excluding hydrogens is 326 g/mol. The van der Waals surface area contributed by atoms with Crippen LogP contribution in [0.3, 0.4) is 0 Å². The normalized spacial score (nSPS) is 14.5. The van der Waals surface area contributed by atoms with E-state index in [1.807, 2.05) is 30.3 Å². The summed E-state index contributed by atoms with van der Waals surface area (Å²) in [5.41, 5.74) is 2.67. The first kappa shape index (κ1) is 16.7. The van der Waals surface area contributed by atoms with Crippen molar-refractivity contribution in [3.05, 3.63) is 53.3 Å². The molecule has 0 spiro atoms. The zero-order valence-corrected chi connectivity index (χ0v) is 14.1. The van der Waals surface area contributed by atoms with Crippen molar-refractivity contribution in [3.63, 3.8) is 0 Å². The molecule has 1 saturated heterocycles. The zero-order valence-electron chi connectivity index (χ0n) is 13.4. The van der Waals surface area contributed by atoms with E-state index in [-0.39, 0.29) is 5.91 Å². The average Bonchev–Trinajstić information content (AvgIpc) is 2.62. The molecule has 2 aromatic rings. The number of carbonyl (C=O) groups excluding carboxylic acids is 1. The second-order valence-electron chi connectivity index (χ2n) is 5.64. The Morgan fingerprint density at radius 1 is 1.25 bits per heavy atom. The SMILES string of the molecule is O=C(CCc1cccnc1)Nc1cccc(Cl)c1N1CCOCC1. The summed E-state index contributed by atoms with van der Waals surface area (Å²) in [6.45, 7) is 2.86. The van der Waals surface area contributed by atoms with Crippen LogP contribution in [0.1, 0.15) is 12.0 Å². The van der Waals surface area contributed by atoms with Gasteiger partial charge in [0.1, 0.15) is 0 Å². The summed E-state index contributed by atoms with van der Waals surface area (Å²) in [6.07, 6.45) is 4.57. The third kappa shape index (κ3) is 4.24. The number of carbonyl (C=O) groups is 1. The molecule has 1 amide bonds. The molecule has 24 heavy (non-hydrogen) atoms. The maximum absolute atomic E-state index is 12.3. The third-order valence-corrected chi connectivity index (χ3v) is 4.26. The van der Waals surface area contributed by atoms with Crippen molar-refractivity contribution in [1.82, 2.24) is 4.98 Å². The van der Waals surface area contributed by atoms with Crippen LogP contribution < -0.4 is 10.2 Å². The molecule has 1 aromatic heterocycles. The van der Waals surface area contributed by atoms with E-state index in [1.165, 1.54) is 0 Å². The number of benzene rings is 1. The molecule has 1 fully saturated rings. The number of anilines is 2. The van der Waals surface area contributed by atoms with E-state index < -0.39 is 0 Å². The van der Waals surface area contributed by atoms with Gasteiger partial charge in [-0.05, 0) is 30.2 Å². The van der Waals surface area contributed by atoms with E-state index in [0.717, 1.165) is 30.0 Å². The van der Waals surface area contributed by atoms with Gasteiger partial charge >= 0.3 is 0 Å². The Kier molecular flexibility index (Phi) is 5.67. The quantitative estimate of drug-likeness (QED) is 0.904. The highest BCUT2D eigenvalue weighted by Gasteiger charge is 2.18. The topological polar surface area (TPSA) is 54.5 Å². The first-order valence-electron chi connectivity index (χ1n) is 8.04. The summed E-state index contributed by atoms with van der Waals surface area (Å²) in [4.78, 5) is 18.5. The maximum Gasteiger partial charge on any atom is 0.224 e. The molecule has 1 aliphatic heterocycles. The van der Waals surface area contributed by atoms with Gasteiger partial charge in [-0.3, -0.25) is 9.78 Å². The standard InChI is InChI=1S/C18H20ClN3O2/c19-15-4-1-5-16(18(15)22-9-11-24-12-10-22)21-17(23)7-6-14-3-2-8-20-13-14/h1-5,8,13H,6-7,9-12H2,(H,21,23). The molecule has 1 N–H and O–H groups in total. The van der Waals surface area contributed by atoms with Gasteiger partial charge in [0.2, 0.25) is 5.91 Å². The number of morpholine rings is 1. The summed E-state index contributed by atoms with van der Waals surface area (Å²) in [7, 11) is 0. The monoisotopic (exact) mass is 345 g/mol. The van der Waals surface area contributed by atoms with Crippen molar-refractivity contribution in [2.45, 2.75) is 12.8 Å².